The molecule has 0 bridgehead atoms. The van der Waals surface area contributed by atoms with Gasteiger partial charge in [0.15, 0.2) is 0 Å². The Kier molecular flexibility index (Phi) is 4.98. The number of hydrogen-bond acceptors (Lipinski definition) is 3. The summed E-state index contributed by atoms with van der Waals surface area (Å²) in [7, 11) is -1.37. The van der Waals surface area contributed by atoms with Crippen molar-refractivity contribution in [2.75, 3.05) is 11.5 Å². The lowest BCUT2D eigenvalue weighted by molar-refractivity contribution is -0.137. The highest BCUT2D eigenvalue weighted by Gasteiger charge is 2.32. The van der Waals surface area contributed by atoms with Crippen molar-refractivity contribution in [3.8, 4) is 5.69 Å². The highest BCUT2D eigenvalue weighted by molar-refractivity contribution is 7.85. The van der Waals surface area contributed by atoms with E-state index < -0.39 is 22.5 Å². The molecule has 0 spiro atoms. The minimum atomic E-state index is -4.58. The van der Waals surface area contributed by atoms with Crippen LogP contribution in [0.15, 0.2) is 17.0 Å². The summed E-state index contributed by atoms with van der Waals surface area (Å²) in [6.07, 6.45) is -4.58. The first kappa shape index (κ1) is 18.1. The second-order valence-corrected chi connectivity index (χ2v) is 7.12. The summed E-state index contributed by atoms with van der Waals surface area (Å²) >= 11 is 11.9. The van der Waals surface area contributed by atoms with E-state index in [1.54, 1.807) is 13.8 Å². The van der Waals surface area contributed by atoms with E-state index in [-0.39, 0.29) is 21.6 Å². The number of hydrogen-bond donors (Lipinski definition) is 1. The maximum absolute atomic E-state index is 12.8. The summed E-state index contributed by atoms with van der Waals surface area (Å²) in [5.74, 6) is 0.358. The third kappa shape index (κ3) is 3.34. The summed E-state index contributed by atoms with van der Waals surface area (Å²) < 4.78 is 51.5. The molecule has 0 radical (unpaired) electrons. The highest BCUT2D eigenvalue weighted by atomic mass is 35.5. The van der Waals surface area contributed by atoms with Gasteiger partial charge >= 0.3 is 6.18 Å². The van der Waals surface area contributed by atoms with Crippen LogP contribution in [-0.4, -0.2) is 19.7 Å². The Morgan fingerprint density at radius 3 is 2.26 bits per heavy atom. The fraction of sp³-hybridized carbons (Fsp3) is 0.308. The van der Waals surface area contributed by atoms with Crippen LogP contribution in [0.3, 0.4) is 0 Å². The van der Waals surface area contributed by atoms with Crippen LogP contribution in [0.25, 0.3) is 5.69 Å². The van der Waals surface area contributed by atoms with Gasteiger partial charge in [0.25, 0.3) is 0 Å². The molecule has 0 fully saturated rings. The molecule has 1 atom stereocenters. The van der Waals surface area contributed by atoms with Gasteiger partial charge in [0, 0.05) is 5.75 Å². The minimum absolute atomic E-state index is 0.0151. The van der Waals surface area contributed by atoms with E-state index in [1.165, 1.54) is 0 Å². The maximum atomic E-state index is 12.8. The van der Waals surface area contributed by atoms with E-state index in [2.05, 4.69) is 5.10 Å². The Morgan fingerprint density at radius 1 is 1.30 bits per heavy atom. The predicted molar refractivity (Wildman–Crippen MR) is 84.7 cm³/mol. The number of nitrogens with zero attached hydrogens (tertiary/aromatic N) is 2. The molecule has 1 unspecified atom stereocenters. The Balaban J connectivity index is 2.67. The lowest BCUT2D eigenvalue weighted by Gasteiger charge is -2.13. The van der Waals surface area contributed by atoms with E-state index in [4.69, 9.17) is 28.9 Å². The van der Waals surface area contributed by atoms with E-state index in [0.717, 1.165) is 16.8 Å². The van der Waals surface area contributed by atoms with Gasteiger partial charge in [0.1, 0.15) is 16.4 Å². The molecule has 1 heterocycles. The topological polar surface area (TPSA) is 60.9 Å². The van der Waals surface area contributed by atoms with Crippen LogP contribution in [0.1, 0.15) is 18.2 Å². The summed E-state index contributed by atoms with van der Waals surface area (Å²) in [5.41, 5.74) is 5.38. The average molecular weight is 386 g/mol. The third-order valence-electron chi connectivity index (χ3n) is 3.09. The summed E-state index contributed by atoms with van der Waals surface area (Å²) in [6.45, 7) is 3.31. The van der Waals surface area contributed by atoms with E-state index in [1.807, 2.05) is 0 Å². The van der Waals surface area contributed by atoms with Crippen molar-refractivity contribution < 1.29 is 17.4 Å². The molecule has 0 saturated heterocycles. The quantitative estimate of drug-likeness (QED) is 0.860. The molecule has 0 amide bonds. The fourth-order valence-electron chi connectivity index (χ4n) is 2.06. The predicted octanol–water partition coefficient (Wildman–Crippen LogP) is 4.22. The van der Waals surface area contributed by atoms with E-state index in [0.29, 0.717) is 16.3 Å². The van der Waals surface area contributed by atoms with Crippen LogP contribution in [0.5, 0.6) is 0 Å². The van der Waals surface area contributed by atoms with Gasteiger partial charge in [-0.1, -0.05) is 30.1 Å². The van der Waals surface area contributed by atoms with Gasteiger partial charge in [-0.2, -0.15) is 18.3 Å². The second-order valence-electron chi connectivity index (χ2n) is 4.63. The average Bonchev–Trinajstić information content (AvgIpc) is 2.71. The lowest BCUT2D eigenvalue weighted by Crippen LogP contribution is -2.09. The normalized spacial score (nSPS) is 13.3. The van der Waals surface area contributed by atoms with Gasteiger partial charge in [-0.05, 0) is 19.1 Å². The van der Waals surface area contributed by atoms with Crippen LogP contribution in [0.2, 0.25) is 10.0 Å². The lowest BCUT2D eigenvalue weighted by atomic mass is 10.2. The number of aromatic nitrogens is 2. The third-order valence-corrected chi connectivity index (χ3v) is 5.15. The summed E-state index contributed by atoms with van der Waals surface area (Å²) in [5, 5.41) is 3.60. The maximum Gasteiger partial charge on any atom is 0.416 e. The van der Waals surface area contributed by atoms with Crippen molar-refractivity contribution in [2.24, 2.45) is 0 Å². The fourth-order valence-corrected chi connectivity index (χ4v) is 3.68. The van der Waals surface area contributed by atoms with Crippen LogP contribution in [0, 0.1) is 6.92 Å². The van der Waals surface area contributed by atoms with Gasteiger partial charge < -0.3 is 5.73 Å². The molecule has 2 rings (SSSR count). The van der Waals surface area contributed by atoms with Crippen molar-refractivity contribution in [1.29, 1.82) is 0 Å². The van der Waals surface area contributed by atoms with Crippen LogP contribution in [0.4, 0.5) is 19.0 Å². The van der Waals surface area contributed by atoms with Gasteiger partial charge in [-0.15, -0.1) is 0 Å². The van der Waals surface area contributed by atoms with Crippen molar-refractivity contribution in [2.45, 2.75) is 24.9 Å². The molecule has 1 aromatic heterocycles. The molecular formula is C13H12Cl2F3N3OS. The Labute approximate surface area is 142 Å². The smallest absolute Gasteiger partial charge is 0.383 e. The zero-order chi connectivity index (χ0) is 17.5. The van der Waals surface area contributed by atoms with Gasteiger partial charge in [-0.3, -0.25) is 4.21 Å². The molecule has 23 heavy (non-hydrogen) atoms. The van der Waals surface area contributed by atoms with Gasteiger partial charge in [0.05, 0.1) is 32.1 Å². The number of nitrogens with two attached hydrogens (primary N) is 1. The number of halogens is 5. The number of aryl methyl sites for hydroxylation is 1. The molecule has 126 valence electrons. The summed E-state index contributed by atoms with van der Waals surface area (Å²) in [4.78, 5) is 0.319. The van der Waals surface area contributed by atoms with E-state index in [9.17, 15) is 17.4 Å². The number of rotatable bonds is 3. The molecule has 1 aromatic carbocycles. The van der Waals surface area contributed by atoms with Gasteiger partial charge in [-0.25, -0.2) is 4.68 Å². The Hall–Kier alpha value is -1.25. The molecule has 4 nitrogen and oxygen atoms in total. The summed E-state index contributed by atoms with van der Waals surface area (Å²) in [6, 6.07) is 1.49. The molecule has 2 N–H and O–H groups in total. The van der Waals surface area contributed by atoms with Crippen LogP contribution < -0.4 is 5.73 Å². The molecule has 0 aliphatic carbocycles. The monoisotopic (exact) mass is 385 g/mol. The Bertz CT molecular complexity index is 766. The van der Waals surface area contributed by atoms with E-state index >= 15 is 0 Å². The number of alkyl halides is 3. The number of anilines is 1. The van der Waals surface area contributed by atoms with Crippen molar-refractivity contribution in [3.63, 3.8) is 0 Å². The molecule has 0 aliphatic heterocycles. The first-order chi connectivity index (χ1) is 10.6. The molecule has 10 heteroatoms. The van der Waals surface area contributed by atoms with Crippen LogP contribution in [-0.2, 0) is 17.0 Å². The zero-order valence-corrected chi connectivity index (χ0v) is 14.4. The number of nitrogen functional groups attached to an aromatic ring is 1. The highest BCUT2D eigenvalue weighted by Crippen LogP contribution is 2.38. The van der Waals surface area contributed by atoms with Crippen molar-refractivity contribution in [3.05, 3.63) is 33.4 Å². The van der Waals surface area contributed by atoms with Crippen molar-refractivity contribution >= 4 is 39.8 Å². The van der Waals surface area contributed by atoms with Gasteiger partial charge in [0.2, 0.25) is 0 Å². The minimum Gasteiger partial charge on any atom is -0.383 e. The molecule has 0 aliphatic rings. The first-order valence-corrected chi connectivity index (χ1v) is 8.45. The molecule has 0 saturated carbocycles. The van der Waals surface area contributed by atoms with Crippen molar-refractivity contribution in [1.82, 2.24) is 9.78 Å². The molecule has 2 aromatic rings. The zero-order valence-electron chi connectivity index (χ0n) is 12.0. The SMILES string of the molecule is CCS(=O)c1c(C)nn(-c2c(Cl)cc(C(F)(F)F)cc2Cl)c1N. The standard InChI is InChI=1S/C13H12Cl2F3N3OS/c1-3-23(22)11-6(2)20-21(12(11)19)10-8(14)4-7(5-9(10)15)13(16,17)18/h4-5H,3,19H2,1-2H3. The Morgan fingerprint density at radius 2 is 1.83 bits per heavy atom. The second kappa shape index (κ2) is 6.33. The van der Waals surface area contributed by atoms with Crippen LogP contribution >= 0.6 is 23.2 Å². The largest absolute Gasteiger partial charge is 0.416 e. The number of benzene rings is 1. The molecular weight excluding hydrogens is 374 g/mol. The first-order valence-electron chi connectivity index (χ1n) is 6.38.